The topological polar surface area (TPSA) is 40.9 Å². The monoisotopic (exact) mass is 283 g/mol. The summed E-state index contributed by atoms with van der Waals surface area (Å²) >= 11 is 0. The van der Waals surface area contributed by atoms with E-state index in [-0.39, 0.29) is 23.7 Å². The van der Waals surface area contributed by atoms with E-state index in [9.17, 15) is 18.0 Å². The zero-order valence-corrected chi connectivity index (χ0v) is 11.0. The maximum absolute atomic E-state index is 12.4. The van der Waals surface area contributed by atoms with Gasteiger partial charge in [-0.3, -0.25) is 4.79 Å². The lowest BCUT2D eigenvalue weighted by Crippen LogP contribution is -2.15. The molecule has 0 amide bonds. The van der Waals surface area contributed by atoms with Crippen LogP contribution in [0.25, 0.3) is 0 Å². The first-order chi connectivity index (χ1) is 9.38. The van der Waals surface area contributed by atoms with Crippen LogP contribution in [0, 0.1) is 11.3 Å². The zero-order valence-electron chi connectivity index (χ0n) is 11.0. The molecule has 0 aromatic heterocycles. The van der Waals surface area contributed by atoms with Crippen molar-refractivity contribution in [1.29, 1.82) is 5.41 Å². The average Bonchev–Trinajstić information content (AvgIpc) is 2.91. The Morgan fingerprint density at radius 1 is 1.15 bits per heavy atom. The van der Waals surface area contributed by atoms with Gasteiger partial charge in [-0.15, -0.1) is 0 Å². The Hall–Kier alpha value is -1.65. The number of hydrogen-bond donors (Lipinski definition) is 1. The number of rotatable bonds is 4. The maximum Gasteiger partial charge on any atom is 0.416 e. The summed E-state index contributed by atoms with van der Waals surface area (Å²) in [6, 6.07) is 4.19. The minimum absolute atomic E-state index is 0.00995. The van der Waals surface area contributed by atoms with Crippen LogP contribution >= 0.6 is 0 Å². The lowest BCUT2D eigenvalue weighted by atomic mass is 9.95. The second kappa shape index (κ2) is 5.77. The first-order valence-electron chi connectivity index (χ1n) is 6.65. The van der Waals surface area contributed by atoms with E-state index in [0.29, 0.717) is 5.71 Å². The summed E-state index contributed by atoms with van der Waals surface area (Å²) in [5, 5.41) is 7.91. The van der Waals surface area contributed by atoms with E-state index in [1.165, 1.54) is 12.1 Å². The molecule has 0 heterocycles. The Morgan fingerprint density at radius 2 is 1.70 bits per heavy atom. The predicted octanol–water partition coefficient (Wildman–Crippen LogP) is 4.49. The highest BCUT2D eigenvalue weighted by atomic mass is 19.4. The molecule has 1 aromatic carbocycles. The summed E-state index contributed by atoms with van der Waals surface area (Å²) in [5.41, 5.74) is -0.118. The quantitative estimate of drug-likeness (QED) is 0.642. The highest BCUT2D eigenvalue weighted by Crippen LogP contribution is 2.30. The molecule has 0 unspecified atom stereocenters. The van der Waals surface area contributed by atoms with Gasteiger partial charge in [-0.1, -0.05) is 25.0 Å². The third-order valence-electron chi connectivity index (χ3n) is 3.73. The minimum atomic E-state index is -4.39. The second-order valence-corrected chi connectivity index (χ2v) is 5.18. The Bertz CT molecular complexity index is 499. The maximum atomic E-state index is 12.4. The van der Waals surface area contributed by atoms with Gasteiger partial charge in [0.1, 0.15) is 0 Å². The Kier molecular flexibility index (Phi) is 4.26. The van der Waals surface area contributed by atoms with E-state index in [4.69, 9.17) is 5.41 Å². The fourth-order valence-corrected chi connectivity index (χ4v) is 2.54. The fraction of sp³-hybridized carbons (Fsp3) is 0.467. The average molecular weight is 283 g/mol. The fourth-order valence-electron chi connectivity index (χ4n) is 2.54. The molecule has 2 nitrogen and oxygen atoms in total. The van der Waals surface area contributed by atoms with Gasteiger partial charge in [0.05, 0.1) is 5.56 Å². The van der Waals surface area contributed by atoms with Gasteiger partial charge in [-0.05, 0) is 30.9 Å². The van der Waals surface area contributed by atoms with Crippen LogP contribution in [0.2, 0.25) is 0 Å². The first kappa shape index (κ1) is 14.8. The van der Waals surface area contributed by atoms with Crippen LogP contribution in [0.15, 0.2) is 24.3 Å². The van der Waals surface area contributed by atoms with Crippen molar-refractivity contribution in [2.45, 2.75) is 38.3 Å². The molecule has 0 atom stereocenters. The van der Waals surface area contributed by atoms with Crippen molar-refractivity contribution in [3.05, 3.63) is 35.4 Å². The van der Waals surface area contributed by atoms with Gasteiger partial charge in [-0.25, -0.2) is 0 Å². The van der Waals surface area contributed by atoms with Gasteiger partial charge >= 0.3 is 6.18 Å². The number of ketones is 1. The summed E-state index contributed by atoms with van der Waals surface area (Å²) < 4.78 is 37.2. The van der Waals surface area contributed by atoms with Crippen LogP contribution in [0.4, 0.5) is 13.2 Å². The lowest BCUT2D eigenvalue weighted by Gasteiger charge is -2.11. The van der Waals surface area contributed by atoms with Gasteiger partial charge < -0.3 is 5.41 Å². The molecule has 1 fully saturated rings. The second-order valence-electron chi connectivity index (χ2n) is 5.18. The normalized spacial score (nSPS) is 16.4. The van der Waals surface area contributed by atoms with Crippen molar-refractivity contribution in [2.24, 2.45) is 5.92 Å². The summed E-state index contributed by atoms with van der Waals surface area (Å²) in [7, 11) is 0. The predicted molar refractivity (Wildman–Crippen MR) is 70.1 cm³/mol. The molecule has 0 radical (unpaired) electrons. The minimum Gasteiger partial charge on any atom is -0.309 e. The van der Waals surface area contributed by atoms with Gasteiger partial charge in [-0.2, -0.15) is 13.2 Å². The number of alkyl halides is 3. The molecule has 20 heavy (non-hydrogen) atoms. The molecule has 1 aliphatic carbocycles. The van der Waals surface area contributed by atoms with Crippen LogP contribution in [0.5, 0.6) is 0 Å². The Labute approximate surface area is 115 Å². The number of benzene rings is 1. The molecule has 2 rings (SSSR count). The molecule has 108 valence electrons. The van der Waals surface area contributed by atoms with Crippen LogP contribution < -0.4 is 0 Å². The van der Waals surface area contributed by atoms with Crippen molar-refractivity contribution < 1.29 is 18.0 Å². The van der Waals surface area contributed by atoms with E-state index in [2.05, 4.69) is 0 Å². The molecule has 1 aromatic rings. The van der Waals surface area contributed by atoms with E-state index in [0.717, 1.165) is 37.8 Å². The van der Waals surface area contributed by atoms with Crippen LogP contribution in [-0.4, -0.2) is 11.5 Å². The first-order valence-corrected chi connectivity index (χ1v) is 6.65. The lowest BCUT2D eigenvalue weighted by molar-refractivity contribution is -0.137. The number of halogens is 3. The summed E-state index contributed by atoms with van der Waals surface area (Å²) in [6.07, 6.45) is -0.324. The Balaban J connectivity index is 2.00. The summed E-state index contributed by atoms with van der Waals surface area (Å²) in [6.45, 7) is 0. The number of nitrogens with one attached hydrogen (secondary N) is 1. The highest BCUT2D eigenvalue weighted by molar-refractivity contribution is 6.09. The highest BCUT2D eigenvalue weighted by Gasteiger charge is 2.30. The SMILES string of the molecule is N=C(CC(=O)c1ccc(C(F)(F)F)cc1)C1CCCC1. The molecule has 1 N–H and O–H groups in total. The summed E-state index contributed by atoms with van der Waals surface area (Å²) in [4.78, 5) is 12.0. The number of hydrogen-bond acceptors (Lipinski definition) is 2. The molecule has 1 saturated carbocycles. The number of carbonyl (C=O) groups is 1. The van der Waals surface area contributed by atoms with Crippen LogP contribution in [0.1, 0.15) is 48.0 Å². The molecular weight excluding hydrogens is 267 g/mol. The summed E-state index contributed by atoms with van der Waals surface area (Å²) in [5.74, 6) is -0.107. The van der Waals surface area contributed by atoms with Gasteiger partial charge in [0.2, 0.25) is 0 Å². The van der Waals surface area contributed by atoms with Crippen molar-refractivity contribution >= 4 is 11.5 Å². The van der Waals surface area contributed by atoms with Gasteiger partial charge in [0, 0.05) is 17.7 Å². The van der Waals surface area contributed by atoms with Crippen molar-refractivity contribution in [2.75, 3.05) is 0 Å². The molecule has 0 saturated heterocycles. The largest absolute Gasteiger partial charge is 0.416 e. The van der Waals surface area contributed by atoms with Crippen LogP contribution in [-0.2, 0) is 6.18 Å². The smallest absolute Gasteiger partial charge is 0.309 e. The van der Waals surface area contributed by atoms with E-state index >= 15 is 0 Å². The molecule has 5 heteroatoms. The zero-order chi connectivity index (χ0) is 14.8. The molecule has 1 aliphatic rings. The third kappa shape index (κ3) is 3.46. The standard InChI is InChI=1S/C15H16F3NO/c16-15(17,18)12-7-5-11(6-8-12)14(20)9-13(19)10-3-1-2-4-10/h5-8,10,19H,1-4,9H2. The molecule has 0 bridgehead atoms. The Morgan fingerprint density at radius 3 is 2.20 bits per heavy atom. The van der Waals surface area contributed by atoms with Crippen molar-refractivity contribution in [1.82, 2.24) is 0 Å². The van der Waals surface area contributed by atoms with Crippen LogP contribution in [0.3, 0.4) is 0 Å². The van der Waals surface area contributed by atoms with E-state index < -0.39 is 11.7 Å². The van der Waals surface area contributed by atoms with Gasteiger partial charge in [0.15, 0.2) is 5.78 Å². The van der Waals surface area contributed by atoms with Crippen molar-refractivity contribution in [3.8, 4) is 0 Å². The van der Waals surface area contributed by atoms with E-state index in [1.807, 2.05) is 0 Å². The van der Waals surface area contributed by atoms with Gasteiger partial charge in [0.25, 0.3) is 0 Å². The van der Waals surface area contributed by atoms with E-state index in [1.54, 1.807) is 0 Å². The number of Topliss-reactive ketones (excluding diaryl/α,β-unsaturated/α-hetero) is 1. The number of carbonyl (C=O) groups excluding carboxylic acids is 1. The third-order valence-corrected chi connectivity index (χ3v) is 3.73. The molecule has 0 aliphatic heterocycles. The molecule has 0 spiro atoms. The van der Waals surface area contributed by atoms with Crippen molar-refractivity contribution in [3.63, 3.8) is 0 Å². The molecular formula is C15H16F3NO.